The summed E-state index contributed by atoms with van der Waals surface area (Å²) in [6.45, 7) is 4.11. The van der Waals surface area contributed by atoms with Crippen LogP contribution in [0.3, 0.4) is 0 Å². The number of nitrogens with one attached hydrogen (secondary N) is 2. The van der Waals surface area contributed by atoms with Gasteiger partial charge in [-0.3, -0.25) is 9.69 Å². The molecule has 0 atom stereocenters. The van der Waals surface area contributed by atoms with E-state index >= 15 is 0 Å². The van der Waals surface area contributed by atoms with Crippen molar-refractivity contribution in [1.29, 1.82) is 0 Å². The Kier molecular flexibility index (Phi) is 6.37. The minimum Gasteiger partial charge on any atom is -0.464 e. The van der Waals surface area contributed by atoms with Gasteiger partial charge in [0.15, 0.2) is 0 Å². The van der Waals surface area contributed by atoms with Gasteiger partial charge in [0.1, 0.15) is 5.69 Å². The molecule has 2 heterocycles. The molecule has 1 aromatic heterocycles. The number of hydrogen-bond donors (Lipinski definition) is 2. The quantitative estimate of drug-likeness (QED) is 0.589. The second kappa shape index (κ2) is 9.35. The highest BCUT2D eigenvalue weighted by atomic mass is 16.5. The molecular formula is C25H29N3O3. The van der Waals surface area contributed by atoms with E-state index in [1.807, 2.05) is 31.2 Å². The predicted molar refractivity (Wildman–Crippen MR) is 122 cm³/mol. The SMILES string of the molecule is COC(=O)c1[nH]c2cc(C)ccc2c1NC(=O)CN1CCC(Cc2ccccc2)CC1. The zero-order chi connectivity index (χ0) is 21.8. The fraction of sp³-hybridized carbons (Fsp3) is 0.360. The summed E-state index contributed by atoms with van der Waals surface area (Å²) in [5.74, 6) is 0.0449. The third kappa shape index (κ3) is 4.97. The molecule has 1 aliphatic heterocycles. The Labute approximate surface area is 182 Å². The van der Waals surface area contributed by atoms with Crippen LogP contribution < -0.4 is 5.32 Å². The molecule has 4 rings (SSSR count). The van der Waals surface area contributed by atoms with Gasteiger partial charge in [-0.25, -0.2) is 4.79 Å². The first kappa shape index (κ1) is 21.1. The molecule has 1 amide bonds. The first-order valence-electron chi connectivity index (χ1n) is 10.8. The molecule has 0 saturated carbocycles. The molecular weight excluding hydrogens is 390 g/mol. The van der Waals surface area contributed by atoms with Gasteiger partial charge in [0.2, 0.25) is 5.91 Å². The molecule has 1 fully saturated rings. The van der Waals surface area contributed by atoms with Crippen LogP contribution in [0.4, 0.5) is 5.69 Å². The minimum atomic E-state index is -0.495. The Morgan fingerprint density at radius 1 is 1.13 bits per heavy atom. The second-order valence-corrected chi connectivity index (χ2v) is 8.37. The molecule has 6 nitrogen and oxygen atoms in total. The van der Waals surface area contributed by atoms with Crippen molar-refractivity contribution < 1.29 is 14.3 Å². The molecule has 0 radical (unpaired) electrons. The van der Waals surface area contributed by atoms with Crippen molar-refractivity contribution in [2.24, 2.45) is 5.92 Å². The van der Waals surface area contributed by atoms with Gasteiger partial charge in [-0.15, -0.1) is 0 Å². The Bertz CT molecular complexity index is 1070. The van der Waals surface area contributed by atoms with Crippen molar-refractivity contribution in [2.75, 3.05) is 32.1 Å². The first-order chi connectivity index (χ1) is 15.0. The van der Waals surface area contributed by atoms with E-state index in [9.17, 15) is 9.59 Å². The van der Waals surface area contributed by atoms with Crippen LogP contribution in [-0.2, 0) is 16.0 Å². The molecule has 2 aromatic carbocycles. The van der Waals surface area contributed by atoms with Crippen LogP contribution in [-0.4, -0.2) is 48.5 Å². The lowest BCUT2D eigenvalue weighted by molar-refractivity contribution is -0.117. The topological polar surface area (TPSA) is 74.4 Å². The third-order valence-electron chi connectivity index (χ3n) is 6.05. The number of aromatic amines is 1. The summed E-state index contributed by atoms with van der Waals surface area (Å²) in [6, 6.07) is 16.4. The summed E-state index contributed by atoms with van der Waals surface area (Å²) < 4.78 is 4.90. The number of esters is 1. The van der Waals surface area contributed by atoms with E-state index in [1.54, 1.807) is 0 Å². The number of rotatable bonds is 6. The minimum absolute atomic E-state index is 0.117. The number of H-pyrrole nitrogens is 1. The van der Waals surface area contributed by atoms with Crippen LogP contribution in [0.15, 0.2) is 48.5 Å². The monoisotopic (exact) mass is 419 g/mol. The molecule has 1 saturated heterocycles. The molecule has 6 heteroatoms. The average molecular weight is 420 g/mol. The molecule has 2 N–H and O–H groups in total. The van der Waals surface area contributed by atoms with Gasteiger partial charge < -0.3 is 15.0 Å². The zero-order valence-electron chi connectivity index (χ0n) is 18.1. The van der Waals surface area contributed by atoms with Gasteiger partial charge in [0.25, 0.3) is 0 Å². The number of aromatic nitrogens is 1. The number of benzene rings is 2. The van der Waals surface area contributed by atoms with Gasteiger partial charge >= 0.3 is 5.97 Å². The van der Waals surface area contributed by atoms with E-state index in [1.165, 1.54) is 12.7 Å². The number of anilines is 1. The smallest absolute Gasteiger partial charge is 0.356 e. The van der Waals surface area contributed by atoms with Crippen LogP contribution in [0.2, 0.25) is 0 Å². The van der Waals surface area contributed by atoms with Crippen molar-refractivity contribution >= 4 is 28.5 Å². The highest BCUT2D eigenvalue weighted by Gasteiger charge is 2.24. The van der Waals surface area contributed by atoms with Gasteiger partial charge in [0, 0.05) is 10.9 Å². The van der Waals surface area contributed by atoms with Crippen LogP contribution in [0.25, 0.3) is 10.9 Å². The summed E-state index contributed by atoms with van der Waals surface area (Å²) in [7, 11) is 1.34. The summed E-state index contributed by atoms with van der Waals surface area (Å²) in [6.07, 6.45) is 3.27. The lowest BCUT2D eigenvalue weighted by Gasteiger charge is -2.31. The van der Waals surface area contributed by atoms with E-state index in [2.05, 4.69) is 39.5 Å². The summed E-state index contributed by atoms with van der Waals surface area (Å²) in [5.41, 5.74) is 4.02. The van der Waals surface area contributed by atoms with Crippen molar-refractivity contribution in [2.45, 2.75) is 26.2 Å². The van der Waals surface area contributed by atoms with Crippen molar-refractivity contribution in [1.82, 2.24) is 9.88 Å². The number of nitrogens with zero attached hydrogens (tertiary/aromatic N) is 1. The normalized spacial score (nSPS) is 15.2. The number of aryl methyl sites for hydroxylation is 1. The predicted octanol–water partition coefficient (Wildman–Crippen LogP) is 4.16. The number of amides is 1. The highest BCUT2D eigenvalue weighted by Crippen LogP contribution is 2.29. The Balaban J connectivity index is 1.38. The Morgan fingerprint density at radius 2 is 1.87 bits per heavy atom. The van der Waals surface area contributed by atoms with Gasteiger partial charge in [-0.2, -0.15) is 0 Å². The fourth-order valence-electron chi connectivity index (χ4n) is 4.37. The largest absolute Gasteiger partial charge is 0.464 e. The maximum absolute atomic E-state index is 12.8. The van der Waals surface area contributed by atoms with Crippen LogP contribution in [0.1, 0.15) is 34.5 Å². The van der Waals surface area contributed by atoms with Gasteiger partial charge in [0.05, 0.1) is 19.3 Å². The molecule has 0 spiro atoms. The maximum atomic E-state index is 12.8. The highest BCUT2D eigenvalue weighted by molar-refractivity contribution is 6.11. The van der Waals surface area contributed by atoms with Gasteiger partial charge in [-0.05, 0) is 62.4 Å². The fourth-order valence-corrected chi connectivity index (χ4v) is 4.37. The lowest BCUT2D eigenvalue weighted by Crippen LogP contribution is -2.39. The number of carbonyl (C=O) groups excluding carboxylic acids is 2. The first-order valence-corrected chi connectivity index (χ1v) is 10.8. The Hall–Kier alpha value is -3.12. The number of ether oxygens (including phenoxy) is 1. The number of fused-ring (bicyclic) bond motifs is 1. The van der Waals surface area contributed by atoms with E-state index in [0.717, 1.165) is 48.8 Å². The third-order valence-corrected chi connectivity index (χ3v) is 6.05. The second-order valence-electron chi connectivity index (χ2n) is 8.37. The standard InChI is InChI=1S/C25H29N3O3/c1-17-8-9-20-21(14-17)26-24(25(30)31-2)23(20)27-22(29)16-28-12-10-19(11-13-28)15-18-6-4-3-5-7-18/h3-9,14,19,26H,10-13,15-16H2,1-2H3,(H,27,29). The Morgan fingerprint density at radius 3 is 2.58 bits per heavy atom. The summed E-state index contributed by atoms with van der Waals surface area (Å²) in [4.78, 5) is 30.3. The molecule has 0 bridgehead atoms. The van der Waals surface area contributed by atoms with E-state index in [4.69, 9.17) is 4.74 Å². The number of likely N-dealkylation sites (tertiary alicyclic amines) is 1. The van der Waals surface area contributed by atoms with Crippen LogP contribution in [0, 0.1) is 12.8 Å². The molecule has 0 unspecified atom stereocenters. The van der Waals surface area contributed by atoms with E-state index in [0.29, 0.717) is 18.2 Å². The van der Waals surface area contributed by atoms with Crippen molar-refractivity contribution in [3.8, 4) is 0 Å². The molecule has 31 heavy (non-hydrogen) atoms. The molecule has 162 valence electrons. The zero-order valence-corrected chi connectivity index (χ0v) is 18.1. The summed E-state index contributed by atoms with van der Waals surface area (Å²) >= 11 is 0. The summed E-state index contributed by atoms with van der Waals surface area (Å²) in [5, 5.41) is 3.76. The lowest BCUT2D eigenvalue weighted by atomic mass is 9.90. The number of carbonyl (C=O) groups is 2. The van der Waals surface area contributed by atoms with E-state index in [-0.39, 0.29) is 11.6 Å². The van der Waals surface area contributed by atoms with Crippen molar-refractivity contribution in [3.05, 3.63) is 65.4 Å². The molecule has 3 aromatic rings. The number of hydrogen-bond acceptors (Lipinski definition) is 4. The van der Waals surface area contributed by atoms with Crippen LogP contribution >= 0.6 is 0 Å². The molecule has 1 aliphatic rings. The maximum Gasteiger partial charge on any atom is 0.356 e. The number of piperidine rings is 1. The van der Waals surface area contributed by atoms with Gasteiger partial charge in [-0.1, -0.05) is 42.5 Å². The van der Waals surface area contributed by atoms with Crippen LogP contribution in [0.5, 0.6) is 0 Å². The number of methoxy groups -OCH3 is 1. The molecule has 0 aliphatic carbocycles. The average Bonchev–Trinajstić information content (AvgIpc) is 3.12. The van der Waals surface area contributed by atoms with E-state index < -0.39 is 5.97 Å². The van der Waals surface area contributed by atoms with Crippen molar-refractivity contribution in [3.63, 3.8) is 0 Å².